The van der Waals surface area contributed by atoms with Crippen molar-refractivity contribution in [1.82, 2.24) is 15.5 Å². The molecule has 3 amide bonds. The number of nitrogens with one attached hydrogen (secondary N) is 2. The molecule has 1 aliphatic rings. The van der Waals surface area contributed by atoms with Gasteiger partial charge in [-0.1, -0.05) is 0 Å². The van der Waals surface area contributed by atoms with Crippen LogP contribution >= 0.6 is 0 Å². The van der Waals surface area contributed by atoms with E-state index < -0.39 is 72.5 Å². The largest absolute Gasteiger partial charge is 0.481 e. The molecule has 0 unspecified atom stereocenters. The van der Waals surface area contributed by atoms with Crippen LogP contribution in [0, 0.1) is 0 Å². The molecule has 1 rings (SSSR count). The van der Waals surface area contributed by atoms with Gasteiger partial charge in [0.25, 0.3) is 0 Å². The number of aliphatic carboxylic acids is 2. The zero-order valence-corrected chi connectivity index (χ0v) is 19.0. The van der Waals surface area contributed by atoms with Gasteiger partial charge < -0.3 is 41.3 Å². The van der Waals surface area contributed by atoms with Crippen LogP contribution in [-0.4, -0.2) is 99.9 Å². The Balaban J connectivity index is 3.03. The summed E-state index contributed by atoms with van der Waals surface area (Å²) in [6.45, 7) is 3.00. The van der Waals surface area contributed by atoms with E-state index in [-0.39, 0.29) is 19.4 Å². The number of aliphatic hydroxyl groups excluding tert-OH is 1. The highest BCUT2D eigenvalue weighted by Gasteiger charge is 2.40. The number of methoxy groups -OCH3 is 1. The van der Waals surface area contributed by atoms with Gasteiger partial charge in [0.05, 0.1) is 24.3 Å². The van der Waals surface area contributed by atoms with E-state index in [1.54, 1.807) is 0 Å². The third-order valence-corrected chi connectivity index (χ3v) is 5.44. The lowest BCUT2D eigenvalue weighted by molar-refractivity contribution is -0.149. The molecule has 13 nitrogen and oxygen atoms in total. The molecule has 7 N–H and O–H groups in total. The third kappa shape index (κ3) is 8.59. The lowest BCUT2D eigenvalue weighted by Crippen LogP contribution is -2.61. The summed E-state index contributed by atoms with van der Waals surface area (Å²) < 4.78 is 5.44. The first-order valence-corrected chi connectivity index (χ1v) is 10.7. The summed E-state index contributed by atoms with van der Waals surface area (Å²) in [6.07, 6.45) is -1.77. The molecule has 1 aliphatic heterocycles. The summed E-state index contributed by atoms with van der Waals surface area (Å²) in [4.78, 5) is 61.3. The number of hydrogen-bond acceptors (Lipinski definition) is 8. The van der Waals surface area contributed by atoms with Gasteiger partial charge in [0, 0.05) is 26.5 Å². The number of amides is 3. The first-order valence-electron chi connectivity index (χ1n) is 10.7. The van der Waals surface area contributed by atoms with Crippen LogP contribution in [0.15, 0.2) is 0 Å². The number of piperidine rings is 1. The fraction of sp³-hybridized carbons (Fsp3) is 0.750. The van der Waals surface area contributed by atoms with E-state index in [2.05, 4.69) is 10.6 Å². The second kappa shape index (κ2) is 13.1. The molecule has 0 aromatic heterocycles. The van der Waals surface area contributed by atoms with Crippen LogP contribution in [-0.2, 0) is 28.7 Å². The van der Waals surface area contributed by atoms with E-state index in [9.17, 15) is 34.2 Å². The van der Waals surface area contributed by atoms with E-state index in [0.29, 0.717) is 12.8 Å². The molecule has 6 atom stereocenters. The van der Waals surface area contributed by atoms with Crippen LogP contribution in [0.1, 0.15) is 46.0 Å². The topological polar surface area (TPSA) is 209 Å². The van der Waals surface area contributed by atoms with E-state index in [1.807, 2.05) is 0 Å². The number of aliphatic hydroxyl groups is 1. The third-order valence-electron chi connectivity index (χ3n) is 5.44. The highest BCUT2D eigenvalue weighted by atomic mass is 16.5. The minimum absolute atomic E-state index is 0.231. The Morgan fingerprint density at radius 2 is 1.79 bits per heavy atom. The van der Waals surface area contributed by atoms with Crippen LogP contribution in [0.25, 0.3) is 0 Å². The average Bonchev–Trinajstić information content (AvgIpc) is 2.73. The van der Waals surface area contributed by atoms with Crippen molar-refractivity contribution in [2.24, 2.45) is 5.73 Å². The van der Waals surface area contributed by atoms with E-state index in [0.717, 1.165) is 0 Å². The molecule has 1 saturated heterocycles. The second-order valence-corrected chi connectivity index (χ2v) is 8.13. The SMILES string of the molecule is CO[C@@H]1CCCN(C(=O)[C@@H](NC(=O)[C@H](C)N)[C@H](C)O)[C@@H]1CC(=O)N[C@@H](CCC(=O)O)C(=O)O. The fourth-order valence-corrected chi connectivity index (χ4v) is 3.63. The van der Waals surface area contributed by atoms with Crippen molar-refractivity contribution in [3.63, 3.8) is 0 Å². The normalized spacial score (nSPS) is 21.9. The number of ether oxygens (including phenoxy) is 1. The van der Waals surface area contributed by atoms with Gasteiger partial charge in [0.1, 0.15) is 12.1 Å². The summed E-state index contributed by atoms with van der Waals surface area (Å²) in [6, 6.07) is -4.41. The van der Waals surface area contributed by atoms with Gasteiger partial charge in [0.15, 0.2) is 0 Å². The van der Waals surface area contributed by atoms with Crippen LogP contribution in [0.4, 0.5) is 0 Å². The van der Waals surface area contributed by atoms with Crippen molar-refractivity contribution in [2.45, 2.75) is 82.3 Å². The Morgan fingerprint density at radius 1 is 1.15 bits per heavy atom. The summed E-state index contributed by atoms with van der Waals surface area (Å²) in [5.41, 5.74) is 5.54. The first-order chi connectivity index (χ1) is 15.4. The Labute approximate surface area is 191 Å². The Bertz CT molecular complexity index is 728. The molecule has 0 aliphatic carbocycles. The molecule has 13 heteroatoms. The van der Waals surface area contributed by atoms with Gasteiger partial charge in [-0.05, 0) is 33.1 Å². The van der Waals surface area contributed by atoms with Crippen molar-refractivity contribution < 1.29 is 44.0 Å². The van der Waals surface area contributed by atoms with Gasteiger partial charge in [-0.2, -0.15) is 0 Å². The van der Waals surface area contributed by atoms with E-state index >= 15 is 0 Å². The minimum Gasteiger partial charge on any atom is -0.481 e. The highest BCUT2D eigenvalue weighted by Crippen LogP contribution is 2.24. The number of carbonyl (C=O) groups excluding carboxylic acids is 3. The van der Waals surface area contributed by atoms with Gasteiger partial charge in [-0.15, -0.1) is 0 Å². The van der Waals surface area contributed by atoms with Gasteiger partial charge >= 0.3 is 11.9 Å². The summed E-state index contributed by atoms with van der Waals surface area (Å²) in [5.74, 6) is -4.53. The molecule has 0 aromatic rings. The number of likely N-dealkylation sites (tertiary alicyclic amines) is 1. The zero-order valence-electron chi connectivity index (χ0n) is 19.0. The van der Waals surface area contributed by atoms with Gasteiger partial charge in [0.2, 0.25) is 17.7 Å². The Morgan fingerprint density at radius 3 is 2.27 bits per heavy atom. The monoisotopic (exact) mass is 474 g/mol. The fourth-order valence-electron chi connectivity index (χ4n) is 3.63. The standard InChI is InChI=1S/C20H34N4O9/c1-10(21)18(29)23-17(11(2)25)19(30)24-8-4-5-14(33-3)13(24)9-15(26)22-12(20(31)32)6-7-16(27)28/h10-14,17,25H,4-9,21H2,1-3H3,(H,22,26)(H,23,29)(H,27,28)(H,31,32)/t10-,11-,12-,13+,14+,17-/m0/s1. The number of carbonyl (C=O) groups is 5. The molecule has 1 heterocycles. The number of hydrogen-bond donors (Lipinski definition) is 6. The van der Waals surface area contributed by atoms with Crippen LogP contribution in [0.2, 0.25) is 0 Å². The second-order valence-electron chi connectivity index (χ2n) is 8.13. The van der Waals surface area contributed by atoms with Gasteiger partial charge in [-0.3, -0.25) is 19.2 Å². The van der Waals surface area contributed by atoms with Gasteiger partial charge in [-0.25, -0.2) is 4.79 Å². The summed E-state index contributed by atoms with van der Waals surface area (Å²) in [7, 11) is 1.42. The molecule has 0 saturated carbocycles. The molecular formula is C20H34N4O9. The van der Waals surface area contributed by atoms with Crippen LogP contribution < -0.4 is 16.4 Å². The molecule has 0 spiro atoms. The summed E-state index contributed by atoms with van der Waals surface area (Å²) in [5, 5.41) is 32.8. The predicted molar refractivity (Wildman–Crippen MR) is 114 cm³/mol. The van der Waals surface area contributed by atoms with Crippen molar-refractivity contribution in [2.75, 3.05) is 13.7 Å². The maximum Gasteiger partial charge on any atom is 0.326 e. The van der Waals surface area contributed by atoms with E-state index in [4.69, 9.17) is 15.6 Å². The minimum atomic E-state index is -1.40. The molecule has 33 heavy (non-hydrogen) atoms. The molecule has 0 bridgehead atoms. The molecule has 0 radical (unpaired) electrons. The predicted octanol–water partition coefficient (Wildman–Crippen LogP) is -1.97. The average molecular weight is 475 g/mol. The van der Waals surface area contributed by atoms with Crippen LogP contribution in [0.3, 0.4) is 0 Å². The van der Waals surface area contributed by atoms with Crippen molar-refractivity contribution in [1.29, 1.82) is 0 Å². The number of rotatable bonds is 12. The number of carboxylic acids is 2. The summed E-state index contributed by atoms with van der Waals surface area (Å²) >= 11 is 0. The van der Waals surface area contributed by atoms with Crippen molar-refractivity contribution >= 4 is 29.7 Å². The quantitative estimate of drug-likeness (QED) is 0.184. The Kier molecular flexibility index (Phi) is 11.2. The smallest absolute Gasteiger partial charge is 0.326 e. The zero-order chi connectivity index (χ0) is 25.3. The Hall–Kier alpha value is -2.77. The maximum atomic E-state index is 13.2. The number of carboxylic acid groups (broad SMARTS) is 2. The molecule has 188 valence electrons. The molecule has 1 fully saturated rings. The highest BCUT2D eigenvalue weighted by molar-refractivity contribution is 5.91. The first kappa shape index (κ1) is 28.3. The number of nitrogens with zero attached hydrogens (tertiary/aromatic N) is 1. The van der Waals surface area contributed by atoms with Crippen molar-refractivity contribution in [3.05, 3.63) is 0 Å². The van der Waals surface area contributed by atoms with Crippen LogP contribution in [0.5, 0.6) is 0 Å². The maximum absolute atomic E-state index is 13.2. The number of nitrogens with two attached hydrogens (primary N) is 1. The molecular weight excluding hydrogens is 440 g/mol. The van der Waals surface area contributed by atoms with E-state index in [1.165, 1.54) is 25.9 Å². The lowest BCUT2D eigenvalue weighted by Gasteiger charge is -2.42. The molecule has 0 aromatic carbocycles. The van der Waals surface area contributed by atoms with Crippen molar-refractivity contribution in [3.8, 4) is 0 Å². The lowest BCUT2D eigenvalue weighted by atomic mass is 9.93.